The third kappa shape index (κ3) is 3.88. The number of hydrogen-bond donors (Lipinski definition) is 1. The number of amides is 1. The third-order valence-corrected chi connectivity index (χ3v) is 5.14. The first-order valence-corrected chi connectivity index (χ1v) is 8.72. The number of ether oxygens (including phenoxy) is 1. The number of hydrogen-bond acceptors (Lipinski definition) is 3. The van der Waals surface area contributed by atoms with Crippen LogP contribution in [0.2, 0.25) is 10.2 Å². The van der Waals surface area contributed by atoms with Crippen LogP contribution in [0.1, 0.15) is 16.9 Å². The van der Waals surface area contributed by atoms with Crippen LogP contribution in [0.15, 0.2) is 30.3 Å². The molecule has 0 spiro atoms. The first-order valence-electron chi connectivity index (χ1n) is 7.97. The molecule has 2 heterocycles. The Morgan fingerprint density at radius 3 is 2.73 bits per heavy atom. The van der Waals surface area contributed by atoms with Gasteiger partial charge in [-0.1, -0.05) is 35.3 Å². The summed E-state index contributed by atoms with van der Waals surface area (Å²) in [5, 5.41) is 3.53. The summed E-state index contributed by atoms with van der Waals surface area (Å²) in [6.45, 7) is -1.79. The molecular weight excluding hydrogens is 387 g/mol. The predicted octanol–water partition coefficient (Wildman–Crippen LogP) is 3.94. The molecule has 1 aliphatic rings. The number of para-hydroxylation sites is 2. The third-order valence-electron chi connectivity index (χ3n) is 4.29. The quantitative estimate of drug-likeness (QED) is 0.821. The molecule has 1 fully saturated rings. The fraction of sp³-hybridized carbons (Fsp3) is 0.353. The molecular formula is C17H17Cl2F2N3O2. The van der Waals surface area contributed by atoms with Gasteiger partial charge in [-0.3, -0.25) is 4.79 Å². The summed E-state index contributed by atoms with van der Waals surface area (Å²) < 4.78 is 31.2. The van der Waals surface area contributed by atoms with Gasteiger partial charge >= 0.3 is 6.61 Å². The summed E-state index contributed by atoms with van der Waals surface area (Å²) in [7, 11) is 1.65. The van der Waals surface area contributed by atoms with Gasteiger partial charge in [-0.2, -0.15) is 8.78 Å². The van der Waals surface area contributed by atoms with Crippen molar-refractivity contribution >= 4 is 34.8 Å². The normalized spacial score (nSPS) is 17.0. The molecule has 3 rings (SSSR count). The van der Waals surface area contributed by atoms with E-state index in [2.05, 4.69) is 10.1 Å². The van der Waals surface area contributed by atoms with Crippen LogP contribution in [0.4, 0.5) is 14.5 Å². The monoisotopic (exact) mass is 403 g/mol. The highest BCUT2D eigenvalue weighted by molar-refractivity contribution is 6.41. The molecule has 1 N–H and O–H groups in total. The Bertz CT molecular complexity index is 813. The van der Waals surface area contributed by atoms with Crippen molar-refractivity contribution in [3.8, 4) is 5.75 Å². The smallest absolute Gasteiger partial charge is 0.387 e. The van der Waals surface area contributed by atoms with Gasteiger partial charge in [-0.05, 0) is 24.6 Å². The molecule has 0 radical (unpaired) electrons. The topological polar surface area (TPSA) is 46.5 Å². The number of benzene rings is 1. The van der Waals surface area contributed by atoms with Gasteiger partial charge in [0.25, 0.3) is 5.91 Å². The van der Waals surface area contributed by atoms with Crippen LogP contribution in [0, 0.1) is 0 Å². The molecule has 0 aliphatic carbocycles. The van der Waals surface area contributed by atoms with E-state index in [4.69, 9.17) is 23.2 Å². The number of halogens is 4. The Kier molecular flexibility index (Phi) is 5.58. The first-order chi connectivity index (χ1) is 12.4. The van der Waals surface area contributed by atoms with Crippen molar-refractivity contribution in [2.45, 2.75) is 19.1 Å². The van der Waals surface area contributed by atoms with Crippen LogP contribution >= 0.6 is 23.2 Å². The number of alkyl halides is 2. The van der Waals surface area contributed by atoms with E-state index in [9.17, 15) is 13.6 Å². The average molecular weight is 404 g/mol. The summed E-state index contributed by atoms with van der Waals surface area (Å²) in [6, 6.07) is 8.00. The molecule has 9 heteroatoms. The van der Waals surface area contributed by atoms with E-state index < -0.39 is 6.61 Å². The van der Waals surface area contributed by atoms with Crippen molar-refractivity contribution in [3.05, 3.63) is 46.2 Å². The molecule has 0 bridgehead atoms. The van der Waals surface area contributed by atoms with Crippen molar-refractivity contribution < 1.29 is 18.3 Å². The van der Waals surface area contributed by atoms with E-state index >= 15 is 0 Å². The summed E-state index contributed by atoms with van der Waals surface area (Å²) in [5.74, 6) is -0.166. The molecule has 2 aromatic rings. The van der Waals surface area contributed by atoms with Gasteiger partial charge < -0.3 is 19.5 Å². The van der Waals surface area contributed by atoms with Crippen LogP contribution in [0.5, 0.6) is 5.75 Å². The van der Waals surface area contributed by atoms with Crippen molar-refractivity contribution in [2.24, 2.45) is 7.05 Å². The first kappa shape index (κ1) is 18.8. The second kappa shape index (κ2) is 7.72. The predicted molar refractivity (Wildman–Crippen MR) is 96.6 cm³/mol. The number of anilines is 1. The molecule has 1 atom stereocenters. The van der Waals surface area contributed by atoms with Gasteiger partial charge in [0.05, 0.1) is 10.7 Å². The Hall–Kier alpha value is -1.99. The lowest BCUT2D eigenvalue weighted by atomic mass is 10.2. The minimum absolute atomic E-state index is 0.121. The largest absolute Gasteiger partial charge is 0.433 e. The van der Waals surface area contributed by atoms with Gasteiger partial charge in [0.2, 0.25) is 0 Å². The van der Waals surface area contributed by atoms with Gasteiger partial charge in [0, 0.05) is 26.2 Å². The lowest BCUT2D eigenvalue weighted by molar-refractivity contribution is -0.0495. The maximum Gasteiger partial charge on any atom is 0.387 e. The van der Waals surface area contributed by atoms with Crippen molar-refractivity contribution in [1.82, 2.24) is 9.88 Å². The molecule has 140 valence electrons. The van der Waals surface area contributed by atoms with E-state index in [0.717, 1.165) is 0 Å². The van der Waals surface area contributed by atoms with Crippen LogP contribution in [-0.2, 0) is 7.05 Å². The number of nitrogens with zero attached hydrogens (tertiary/aromatic N) is 2. The van der Waals surface area contributed by atoms with Crippen LogP contribution in [0.3, 0.4) is 0 Å². The highest BCUT2D eigenvalue weighted by Gasteiger charge is 2.27. The van der Waals surface area contributed by atoms with Gasteiger partial charge in [-0.25, -0.2) is 0 Å². The maximum absolute atomic E-state index is 12.6. The zero-order valence-corrected chi connectivity index (χ0v) is 15.4. The second-order valence-electron chi connectivity index (χ2n) is 5.98. The maximum atomic E-state index is 12.6. The molecule has 1 aromatic heterocycles. The highest BCUT2D eigenvalue weighted by atomic mass is 35.5. The number of rotatable bonds is 5. The van der Waals surface area contributed by atoms with Crippen LogP contribution in [-0.4, -0.2) is 36.2 Å². The summed E-state index contributed by atoms with van der Waals surface area (Å²) in [5.41, 5.74) is 0.939. The molecule has 1 unspecified atom stereocenters. The number of nitrogens with one attached hydrogen (secondary N) is 1. The summed E-state index contributed by atoms with van der Waals surface area (Å²) in [4.78, 5) is 14.4. The minimum Gasteiger partial charge on any atom is -0.433 e. The zero-order valence-electron chi connectivity index (χ0n) is 13.9. The molecule has 1 aliphatic heterocycles. The van der Waals surface area contributed by atoms with Gasteiger partial charge in [0.1, 0.15) is 16.6 Å². The molecule has 1 saturated heterocycles. The van der Waals surface area contributed by atoms with Gasteiger partial charge in [-0.15, -0.1) is 0 Å². The summed E-state index contributed by atoms with van der Waals surface area (Å²) in [6.07, 6.45) is 0.681. The standard InChI is InChI=1S/C17H17Cl2F2N3O2/c1-23-13(8-11(18)15(23)19)16(25)22-10-6-7-24(9-10)12-4-2-3-5-14(12)26-17(20)21/h2-5,8,10,17H,6-7,9H2,1H3,(H,22,25). The van der Waals surface area contributed by atoms with E-state index in [-0.39, 0.29) is 17.7 Å². The van der Waals surface area contributed by atoms with Crippen molar-refractivity contribution in [2.75, 3.05) is 18.0 Å². The molecule has 26 heavy (non-hydrogen) atoms. The molecule has 1 aromatic carbocycles. The molecule has 0 saturated carbocycles. The van der Waals surface area contributed by atoms with E-state index in [1.165, 1.54) is 16.7 Å². The lowest BCUT2D eigenvalue weighted by Gasteiger charge is -2.22. The second-order valence-corrected chi connectivity index (χ2v) is 6.74. The Morgan fingerprint density at radius 1 is 1.35 bits per heavy atom. The van der Waals surface area contributed by atoms with E-state index in [0.29, 0.717) is 41.1 Å². The van der Waals surface area contributed by atoms with Crippen molar-refractivity contribution in [1.29, 1.82) is 0 Å². The Morgan fingerprint density at radius 2 is 2.08 bits per heavy atom. The van der Waals surface area contributed by atoms with Crippen LogP contribution < -0.4 is 15.0 Å². The summed E-state index contributed by atoms with van der Waals surface area (Å²) >= 11 is 11.9. The fourth-order valence-electron chi connectivity index (χ4n) is 3.03. The Labute approximate surface area is 159 Å². The Balaban J connectivity index is 1.68. The molecule has 1 amide bonds. The number of carbonyl (C=O) groups is 1. The molecule has 5 nitrogen and oxygen atoms in total. The SMILES string of the molecule is Cn1c(C(=O)NC2CCN(c3ccccc3OC(F)F)C2)cc(Cl)c1Cl. The van der Waals surface area contributed by atoms with Crippen LogP contribution in [0.25, 0.3) is 0 Å². The van der Waals surface area contributed by atoms with Gasteiger partial charge in [0.15, 0.2) is 0 Å². The number of carbonyl (C=O) groups excluding carboxylic acids is 1. The highest BCUT2D eigenvalue weighted by Crippen LogP contribution is 2.32. The lowest BCUT2D eigenvalue weighted by Crippen LogP contribution is -2.37. The average Bonchev–Trinajstić information content (AvgIpc) is 3.15. The van der Waals surface area contributed by atoms with E-state index in [1.807, 2.05) is 4.90 Å². The zero-order chi connectivity index (χ0) is 18.8. The van der Waals surface area contributed by atoms with E-state index in [1.54, 1.807) is 25.2 Å². The van der Waals surface area contributed by atoms with Crippen molar-refractivity contribution in [3.63, 3.8) is 0 Å². The minimum atomic E-state index is -2.89. The number of aromatic nitrogens is 1. The fourth-order valence-corrected chi connectivity index (χ4v) is 3.41.